The van der Waals surface area contributed by atoms with Crippen LogP contribution in [0.3, 0.4) is 0 Å². The van der Waals surface area contributed by atoms with Gasteiger partial charge < -0.3 is 0 Å². The minimum atomic E-state index is -0.681. The maximum absolute atomic E-state index is 10.7. The van der Waals surface area contributed by atoms with Gasteiger partial charge in [0.15, 0.2) is 0 Å². The number of halogens is 3. The average molecular weight is 239 g/mol. The molecule has 0 spiro atoms. The Balaban J connectivity index is 0.00000144. The summed E-state index contributed by atoms with van der Waals surface area (Å²) in [5.41, 5.74) is 0.276. The zero-order chi connectivity index (χ0) is 9.14. The number of hydrogen-bond acceptors (Lipinski definition) is 2. The van der Waals surface area contributed by atoms with Gasteiger partial charge >= 0.3 is 0 Å². The average Bonchev–Trinajstić information content (AvgIpc) is 2.04. The summed E-state index contributed by atoms with van der Waals surface area (Å²) in [6.07, 6.45) is 0. The summed E-state index contributed by atoms with van der Waals surface area (Å²) in [5, 5.41) is -1.36. The van der Waals surface area contributed by atoms with E-state index >= 15 is 0 Å². The molecule has 0 aliphatic heterocycles. The molecule has 0 aromatic heterocycles. The highest BCUT2D eigenvalue weighted by Gasteiger charge is 2.12. The molecule has 0 atom stereocenters. The van der Waals surface area contributed by atoms with E-state index < -0.39 is 10.5 Å². The summed E-state index contributed by atoms with van der Waals surface area (Å²) >= 11 is 10.4. The van der Waals surface area contributed by atoms with E-state index in [1.165, 1.54) is 12.1 Å². The molecule has 0 bridgehead atoms. The lowest BCUT2D eigenvalue weighted by Gasteiger charge is -1.98. The monoisotopic (exact) mass is 238 g/mol. The first-order valence-corrected chi connectivity index (χ1v) is 3.87. The van der Waals surface area contributed by atoms with Gasteiger partial charge in [-0.15, -0.1) is 12.4 Å². The predicted octanol–water partition coefficient (Wildman–Crippen LogP) is 2.87. The third-order valence-corrected chi connectivity index (χ3v) is 1.76. The van der Waals surface area contributed by atoms with Crippen LogP contribution in [0.2, 0.25) is 0 Å². The van der Waals surface area contributed by atoms with Gasteiger partial charge in [0, 0.05) is 11.1 Å². The van der Waals surface area contributed by atoms with Crippen LogP contribution in [0.15, 0.2) is 24.3 Å². The van der Waals surface area contributed by atoms with Crippen molar-refractivity contribution in [2.24, 2.45) is 0 Å². The quantitative estimate of drug-likeness (QED) is 0.744. The lowest BCUT2D eigenvalue weighted by Crippen LogP contribution is -1.99. The molecule has 1 aromatic rings. The van der Waals surface area contributed by atoms with Crippen molar-refractivity contribution in [1.82, 2.24) is 0 Å². The second-order valence-electron chi connectivity index (χ2n) is 2.09. The molecule has 0 amide bonds. The lowest BCUT2D eigenvalue weighted by atomic mass is 10.1. The van der Waals surface area contributed by atoms with Gasteiger partial charge in [0.25, 0.3) is 10.5 Å². The fourth-order valence-corrected chi connectivity index (χ4v) is 1.16. The minimum absolute atomic E-state index is 0. The van der Waals surface area contributed by atoms with E-state index in [0.717, 1.165) is 0 Å². The molecule has 0 unspecified atom stereocenters. The molecule has 0 radical (unpaired) electrons. The van der Waals surface area contributed by atoms with Crippen molar-refractivity contribution in [2.75, 3.05) is 0 Å². The topological polar surface area (TPSA) is 34.1 Å². The number of rotatable bonds is 2. The van der Waals surface area contributed by atoms with Crippen molar-refractivity contribution in [3.63, 3.8) is 0 Å². The molecule has 13 heavy (non-hydrogen) atoms. The highest BCUT2D eigenvalue weighted by molar-refractivity contribution is 6.71. The van der Waals surface area contributed by atoms with Gasteiger partial charge in [-0.2, -0.15) is 0 Å². The second kappa shape index (κ2) is 5.22. The minimum Gasteiger partial charge on any atom is -0.276 e. The second-order valence-corrected chi connectivity index (χ2v) is 2.78. The van der Waals surface area contributed by atoms with Crippen molar-refractivity contribution in [2.45, 2.75) is 0 Å². The van der Waals surface area contributed by atoms with Gasteiger partial charge in [-0.3, -0.25) is 9.59 Å². The molecule has 0 aliphatic carbocycles. The van der Waals surface area contributed by atoms with Gasteiger partial charge in [-0.25, -0.2) is 0 Å². The standard InChI is InChI=1S/C8H4Cl2O2.ClH/c9-7(11)5-3-1-2-4-6(5)8(10)12;/h1-4H;1H. The zero-order valence-corrected chi connectivity index (χ0v) is 8.62. The van der Waals surface area contributed by atoms with Crippen LogP contribution in [-0.4, -0.2) is 10.5 Å². The van der Waals surface area contributed by atoms with E-state index in [1.54, 1.807) is 12.1 Å². The molecule has 0 N–H and O–H groups in total. The summed E-state index contributed by atoms with van der Waals surface area (Å²) in [5.74, 6) is 0. The normalized spacial score (nSPS) is 8.77. The number of hydrogen-bond donors (Lipinski definition) is 0. The Morgan fingerprint density at radius 1 is 0.923 bits per heavy atom. The Labute approximate surface area is 91.2 Å². The zero-order valence-electron chi connectivity index (χ0n) is 6.29. The predicted molar refractivity (Wildman–Crippen MR) is 54.1 cm³/mol. The first-order valence-electron chi connectivity index (χ1n) is 3.11. The Morgan fingerprint density at radius 3 is 1.46 bits per heavy atom. The number of carbonyl (C=O) groups is 2. The Bertz CT molecular complexity index is 303. The van der Waals surface area contributed by atoms with Crippen LogP contribution in [0.4, 0.5) is 0 Å². The Hall–Kier alpha value is -0.570. The summed E-state index contributed by atoms with van der Waals surface area (Å²) in [4.78, 5) is 21.5. The molecule has 0 saturated carbocycles. The summed E-state index contributed by atoms with van der Waals surface area (Å²) in [7, 11) is 0. The smallest absolute Gasteiger partial charge is 0.253 e. The van der Waals surface area contributed by atoms with Crippen molar-refractivity contribution < 1.29 is 9.59 Å². The van der Waals surface area contributed by atoms with E-state index in [2.05, 4.69) is 0 Å². The molecule has 5 heteroatoms. The van der Waals surface area contributed by atoms with Crippen LogP contribution in [0, 0.1) is 0 Å². The van der Waals surface area contributed by atoms with Gasteiger partial charge in [0.1, 0.15) is 0 Å². The van der Waals surface area contributed by atoms with Crippen molar-refractivity contribution >= 4 is 46.1 Å². The maximum atomic E-state index is 10.7. The molecule has 0 heterocycles. The first kappa shape index (κ1) is 12.4. The maximum Gasteiger partial charge on any atom is 0.253 e. The molecule has 0 aliphatic rings. The SMILES string of the molecule is Cl.O=C(Cl)c1ccccc1C(=O)Cl. The van der Waals surface area contributed by atoms with Gasteiger partial charge in [-0.1, -0.05) is 12.1 Å². The third-order valence-electron chi connectivity index (χ3n) is 1.35. The molecule has 1 rings (SSSR count). The summed E-state index contributed by atoms with van der Waals surface area (Å²) in [6.45, 7) is 0. The van der Waals surface area contributed by atoms with Gasteiger partial charge in [0.2, 0.25) is 0 Å². The van der Waals surface area contributed by atoms with E-state index in [1.807, 2.05) is 0 Å². The lowest BCUT2D eigenvalue weighted by molar-refractivity contribution is 0.105. The number of benzene rings is 1. The first-order chi connectivity index (χ1) is 5.63. The highest BCUT2D eigenvalue weighted by atomic mass is 35.5. The van der Waals surface area contributed by atoms with Crippen molar-refractivity contribution in [3.05, 3.63) is 35.4 Å². The fraction of sp³-hybridized carbons (Fsp3) is 0. The van der Waals surface area contributed by atoms with E-state index in [4.69, 9.17) is 23.2 Å². The van der Waals surface area contributed by atoms with Gasteiger partial charge in [0.05, 0.1) is 0 Å². The molecular formula is C8H5Cl3O2. The Morgan fingerprint density at radius 2 is 1.23 bits per heavy atom. The Kier molecular flexibility index (Phi) is 4.99. The third kappa shape index (κ3) is 2.99. The molecule has 2 nitrogen and oxygen atoms in total. The van der Waals surface area contributed by atoms with E-state index in [0.29, 0.717) is 0 Å². The van der Waals surface area contributed by atoms with E-state index in [-0.39, 0.29) is 23.5 Å². The van der Waals surface area contributed by atoms with Crippen molar-refractivity contribution in [3.8, 4) is 0 Å². The fourth-order valence-electron chi connectivity index (χ4n) is 0.826. The van der Waals surface area contributed by atoms with Crippen LogP contribution >= 0.6 is 35.6 Å². The molecule has 0 fully saturated rings. The van der Waals surface area contributed by atoms with Crippen LogP contribution in [-0.2, 0) is 0 Å². The van der Waals surface area contributed by atoms with Crippen LogP contribution < -0.4 is 0 Å². The van der Waals surface area contributed by atoms with Crippen LogP contribution in [0.1, 0.15) is 20.7 Å². The van der Waals surface area contributed by atoms with Crippen LogP contribution in [0.5, 0.6) is 0 Å². The largest absolute Gasteiger partial charge is 0.276 e. The summed E-state index contributed by atoms with van der Waals surface area (Å²) in [6, 6.07) is 6.12. The molecule has 1 aromatic carbocycles. The van der Waals surface area contributed by atoms with Gasteiger partial charge in [-0.05, 0) is 35.3 Å². The highest BCUT2D eigenvalue weighted by Crippen LogP contribution is 2.13. The van der Waals surface area contributed by atoms with E-state index in [9.17, 15) is 9.59 Å². The summed E-state index contributed by atoms with van der Waals surface area (Å²) < 4.78 is 0. The van der Waals surface area contributed by atoms with Crippen molar-refractivity contribution in [1.29, 1.82) is 0 Å². The molecular weight excluding hydrogens is 234 g/mol. The molecule has 0 saturated heterocycles. The van der Waals surface area contributed by atoms with Crippen LogP contribution in [0.25, 0.3) is 0 Å². The number of carbonyl (C=O) groups excluding carboxylic acids is 2. The molecule has 70 valence electrons.